The number of halogens is 1. The van der Waals surface area contributed by atoms with Crippen LogP contribution in [0.2, 0.25) is 0 Å². The molecule has 1 heterocycles. The molecular weight excluding hydrogens is 357 g/mol. The third-order valence-corrected chi connectivity index (χ3v) is 3.68. The van der Waals surface area contributed by atoms with Gasteiger partial charge in [0.05, 0.1) is 13.4 Å². The highest BCUT2D eigenvalue weighted by molar-refractivity contribution is 14.1. The van der Waals surface area contributed by atoms with E-state index in [0.29, 0.717) is 15.9 Å². The Labute approximate surface area is 124 Å². The zero-order chi connectivity index (χ0) is 13.7. The number of nitrogens with zero attached hydrogens (tertiary/aromatic N) is 1. The summed E-state index contributed by atoms with van der Waals surface area (Å²) in [7, 11) is 1.66. The van der Waals surface area contributed by atoms with Gasteiger partial charge < -0.3 is 15.0 Å². The average Bonchev–Trinajstić information content (AvgIpc) is 2.44. The van der Waals surface area contributed by atoms with Gasteiger partial charge in [0.25, 0.3) is 5.56 Å². The lowest BCUT2D eigenvalue weighted by Crippen LogP contribution is -2.16. The maximum absolute atomic E-state index is 11.4. The fraction of sp³-hybridized carbons (Fsp3) is 0.231. The quantitative estimate of drug-likeness (QED) is 0.790. The molecule has 0 fully saturated rings. The molecule has 0 bridgehead atoms. The first kappa shape index (κ1) is 13.9. The Morgan fingerprint density at radius 1 is 1.42 bits per heavy atom. The summed E-state index contributed by atoms with van der Waals surface area (Å²) >= 11 is 1.98. The first-order valence-electron chi connectivity index (χ1n) is 5.81. The topological polar surface area (TPSA) is 67.0 Å². The molecule has 19 heavy (non-hydrogen) atoms. The maximum Gasteiger partial charge on any atom is 0.266 e. The van der Waals surface area contributed by atoms with E-state index in [1.54, 1.807) is 7.11 Å². The van der Waals surface area contributed by atoms with Crippen LogP contribution in [0.1, 0.15) is 5.56 Å². The number of hydrogen-bond donors (Lipinski definition) is 2. The van der Waals surface area contributed by atoms with Gasteiger partial charge in [-0.2, -0.15) is 0 Å². The molecular formula is C13H14IN3O2. The zero-order valence-electron chi connectivity index (χ0n) is 10.4. The second-order valence-corrected chi connectivity index (χ2v) is 4.96. The number of anilines is 1. The van der Waals surface area contributed by atoms with Crippen molar-refractivity contribution in [1.29, 1.82) is 0 Å². The van der Waals surface area contributed by atoms with Gasteiger partial charge in [0.2, 0.25) is 0 Å². The predicted octanol–water partition coefficient (Wildman–Crippen LogP) is 2.04. The first-order valence-corrected chi connectivity index (χ1v) is 6.89. The molecule has 2 aromatic rings. The van der Waals surface area contributed by atoms with E-state index < -0.39 is 0 Å². The average molecular weight is 371 g/mol. The molecule has 0 radical (unpaired) electrons. The largest absolute Gasteiger partial charge is 0.496 e. The minimum atomic E-state index is -0.129. The molecule has 0 aliphatic carbocycles. The number of methoxy groups -OCH3 is 1. The SMILES string of the molecule is COc1ccccc1CCNc1nc[nH]c(=O)c1I. The summed E-state index contributed by atoms with van der Waals surface area (Å²) in [5.74, 6) is 1.48. The van der Waals surface area contributed by atoms with Crippen molar-refractivity contribution >= 4 is 28.4 Å². The standard InChI is InChI=1S/C13H14IN3O2/c1-19-10-5-3-2-4-9(10)6-7-15-12-11(14)13(18)17-8-16-12/h2-5,8H,6-7H2,1H3,(H2,15,16,17,18). The number of hydrogen-bond acceptors (Lipinski definition) is 4. The van der Waals surface area contributed by atoms with Gasteiger partial charge >= 0.3 is 0 Å². The van der Waals surface area contributed by atoms with E-state index in [2.05, 4.69) is 15.3 Å². The molecule has 6 heteroatoms. The van der Waals surface area contributed by atoms with Crippen LogP contribution >= 0.6 is 22.6 Å². The Bertz CT molecular complexity index is 613. The smallest absolute Gasteiger partial charge is 0.266 e. The second-order valence-electron chi connectivity index (χ2n) is 3.88. The molecule has 0 atom stereocenters. The lowest BCUT2D eigenvalue weighted by Gasteiger charge is -2.09. The molecule has 1 aromatic heterocycles. The van der Waals surface area contributed by atoms with Crippen LogP contribution in [-0.4, -0.2) is 23.6 Å². The van der Waals surface area contributed by atoms with Crippen molar-refractivity contribution in [2.24, 2.45) is 0 Å². The van der Waals surface area contributed by atoms with E-state index in [-0.39, 0.29) is 5.56 Å². The molecule has 0 saturated heterocycles. The number of rotatable bonds is 5. The van der Waals surface area contributed by atoms with Gasteiger partial charge in [0, 0.05) is 6.54 Å². The highest BCUT2D eigenvalue weighted by Gasteiger charge is 2.05. The minimum absolute atomic E-state index is 0.129. The van der Waals surface area contributed by atoms with Gasteiger partial charge in [-0.15, -0.1) is 0 Å². The van der Waals surface area contributed by atoms with E-state index in [1.165, 1.54) is 6.33 Å². The summed E-state index contributed by atoms with van der Waals surface area (Å²) in [5, 5.41) is 3.16. The van der Waals surface area contributed by atoms with E-state index in [9.17, 15) is 4.79 Å². The minimum Gasteiger partial charge on any atom is -0.496 e. The van der Waals surface area contributed by atoms with Crippen LogP contribution in [0, 0.1) is 3.57 Å². The Kier molecular flexibility index (Phi) is 4.78. The van der Waals surface area contributed by atoms with Gasteiger partial charge in [0.15, 0.2) is 0 Å². The molecule has 0 spiro atoms. The number of benzene rings is 1. The van der Waals surface area contributed by atoms with Gasteiger partial charge in [-0.05, 0) is 40.6 Å². The van der Waals surface area contributed by atoms with E-state index in [1.807, 2.05) is 46.9 Å². The second kappa shape index (κ2) is 6.55. The lowest BCUT2D eigenvalue weighted by molar-refractivity contribution is 0.410. The first-order chi connectivity index (χ1) is 9.22. The van der Waals surface area contributed by atoms with E-state index in [4.69, 9.17) is 4.74 Å². The Morgan fingerprint density at radius 3 is 3.00 bits per heavy atom. The summed E-state index contributed by atoms with van der Waals surface area (Å²) in [6.45, 7) is 0.687. The fourth-order valence-corrected chi connectivity index (χ4v) is 2.22. The number of nitrogens with one attached hydrogen (secondary N) is 2. The molecule has 1 aromatic carbocycles. The molecule has 100 valence electrons. The van der Waals surface area contributed by atoms with Crippen molar-refractivity contribution in [2.45, 2.75) is 6.42 Å². The van der Waals surface area contributed by atoms with Crippen LogP contribution in [-0.2, 0) is 6.42 Å². The van der Waals surface area contributed by atoms with Crippen LogP contribution in [0.15, 0.2) is 35.4 Å². The van der Waals surface area contributed by atoms with Crippen LogP contribution in [0.5, 0.6) is 5.75 Å². The molecule has 0 aliphatic rings. The molecule has 2 N–H and O–H groups in total. The fourth-order valence-electron chi connectivity index (χ4n) is 1.73. The van der Waals surface area contributed by atoms with Crippen molar-refractivity contribution in [2.75, 3.05) is 19.0 Å². The summed E-state index contributed by atoms with van der Waals surface area (Å²) in [4.78, 5) is 18.0. The van der Waals surface area contributed by atoms with Gasteiger partial charge in [-0.1, -0.05) is 18.2 Å². The maximum atomic E-state index is 11.4. The van der Waals surface area contributed by atoms with Gasteiger partial charge in [-0.3, -0.25) is 4.79 Å². The molecule has 0 saturated carbocycles. The van der Waals surface area contributed by atoms with E-state index in [0.717, 1.165) is 17.7 Å². The molecule has 0 amide bonds. The highest BCUT2D eigenvalue weighted by atomic mass is 127. The predicted molar refractivity (Wildman–Crippen MR) is 82.8 cm³/mol. The summed E-state index contributed by atoms with van der Waals surface area (Å²) in [5.41, 5.74) is 0.993. The van der Waals surface area contributed by atoms with E-state index >= 15 is 0 Å². The molecule has 0 aliphatic heterocycles. The Morgan fingerprint density at radius 2 is 2.21 bits per heavy atom. The molecule has 0 unspecified atom stereocenters. The van der Waals surface area contributed by atoms with Crippen LogP contribution in [0.3, 0.4) is 0 Å². The van der Waals surface area contributed by atoms with Crippen LogP contribution < -0.4 is 15.6 Å². The van der Waals surface area contributed by atoms with Crippen molar-refractivity contribution in [3.8, 4) is 5.75 Å². The third kappa shape index (κ3) is 3.46. The normalized spacial score (nSPS) is 10.2. The van der Waals surface area contributed by atoms with Crippen LogP contribution in [0.25, 0.3) is 0 Å². The van der Waals surface area contributed by atoms with Crippen LogP contribution in [0.4, 0.5) is 5.82 Å². The molecule has 5 nitrogen and oxygen atoms in total. The highest BCUT2D eigenvalue weighted by Crippen LogP contribution is 2.18. The number of para-hydroxylation sites is 1. The van der Waals surface area contributed by atoms with Crippen molar-refractivity contribution in [3.05, 3.63) is 50.1 Å². The Hall–Kier alpha value is -1.57. The molecule has 2 rings (SSSR count). The third-order valence-electron chi connectivity index (χ3n) is 2.68. The van der Waals surface area contributed by atoms with Crippen molar-refractivity contribution in [3.63, 3.8) is 0 Å². The Balaban J connectivity index is 2.00. The summed E-state index contributed by atoms with van der Waals surface area (Å²) in [6.07, 6.45) is 2.20. The van der Waals surface area contributed by atoms with Crippen molar-refractivity contribution < 1.29 is 4.74 Å². The summed E-state index contributed by atoms with van der Waals surface area (Å²) in [6, 6.07) is 7.88. The number of H-pyrrole nitrogens is 1. The lowest BCUT2D eigenvalue weighted by atomic mass is 10.1. The van der Waals surface area contributed by atoms with Gasteiger partial charge in [-0.25, -0.2) is 4.98 Å². The summed E-state index contributed by atoms with van der Waals surface area (Å²) < 4.78 is 5.86. The zero-order valence-corrected chi connectivity index (χ0v) is 12.6. The number of ether oxygens (including phenoxy) is 1. The number of aromatic amines is 1. The number of aromatic nitrogens is 2. The van der Waals surface area contributed by atoms with Crippen molar-refractivity contribution in [1.82, 2.24) is 9.97 Å². The monoisotopic (exact) mass is 371 g/mol. The van der Waals surface area contributed by atoms with Gasteiger partial charge in [0.1, 0.15) is 15.1 Å².